The highest BCUT2D eigenvalue weighted by molar-refractivity contribution is 6.29. The van der Waals surface area contributed by atoms with E-state index < -0.39 is 0 Å². The third-order valence-corrected chi connectivity index (χ3v) is 12.8. The molecule has 3 heterocycles. The molecule has 2 aliphatic carbocycles. The van der Waals surface area contributed by atoms with E-state index in [1.165, 1.54) is 64.2 Å². The molecule has 5 aliphatic rings. The molecule has 296 valence electrons. The monoisotopic (exact) mass is 736 g/mol. The van der Waals surface area contributed by atoms with E-state index in [1.54, 1.807) is 0 Å². The predicted octanol–water partition coefficient (Wildman–Crippen LogP) is 9.41. The Bertz CT molecular complexity index is 1080. The fourth-order valence-electron chi connectivity index (χ4n) is 10.5. The molecular formula is C41H78ClN7O2. The van der Waals surface area contributed by atoms with Crippen molar-refractivity contribution in [3.05, 3.63) is 11.2 Å². The van der Waals surface area contributed by atoms with Gasteiger partial charge in [-0.2, -0.15) is 10.1 Å². The van der Waals surface area contributed by atoms with Crippen LogP contribution in [0.2, 0.25) is 0 Å². The fraction of sp³-hybridized carbons (Fsp3) is 0.951. The fourth-order valence-corrected chi connectivity index (χ4v) is 10.7. The minimum absolute atomic E-state index is 0.0208. The van der Waals surface area contributed by atoms with Gasteiger partial charge in [-0.3, -0.25) is 20.0 Å². The maximum Gasteiger partial charge on any atom is 0.117 e. The highest BCUT2D eigenvalue weighted by atomic mass is 35.5. The molecule has 0 aromatic carbocycles. The first-order valence-electron chi connectivity index (χ1n) is 21.2. The van der Waals surface area contributed by atoms with Gasteiger partial charge in [0, 0.05) is 47.3 Å². The van der Waals surface area contributed by atoms with Gasteiger partial charge in [-0.25, -0.2) is 10.4 Å². The van der Waals surface area contributed by atoms with Crippen molar-refractivity contribution in [2.75, 3.05) is 13.1 Å². The van der Waals surface area contributed by atoms with Crippen LogP contribution in [-0.2, 0) is 9.68 Å². The maximum absolute atomic E-state index is 7.09. The highest BCUT2D eigenvalue weighted by Crippen LogP contribution is 2.44. The van der Waals surface area contributed by atoms with Crippen molar-refractivity contribution in [3.8, 4) is 0 Å². The number of rotatable bonds is 14. The van der Waals surface area contributed by atoms with Gasteiger partial charge in [0.05, 0.1) is 18.4 Å². The highest BCUT2D eigenvalue weighted by Gasteiger charge is 2.52. The van der Waals surface area contributed by atoms with Crippen LogP contribution in [0.4, 0.5) is 0 Å². The molecule has 0 aromatic heterocycles. The normalized spacial score (nSPS) is 29.0. The van der Waals surface area contributed by atoms with Crippen molar-refractivity contribution in [2.45, 2.75) is 237 Å². The summed E-state index contributed by atoms with van der Waals surface area (Å²) in [7, 11) is 0. The standard InChI is InChI=1S/C41H78ClN7O2/c1-11-13-25-45(32-28-38(3,4)47(39(5,6)29-32)50-34-21-17-15-18-22-34)37-27-36(42)43-49(44-37)46(26-14-12-2)33-30-40(7,8)48(41(9,10)31-33)51-35-23-19-16-20-24-35/h27,32-35,37,43-44H,11-26,28-31H2,1-10H3. The summed E-state index contributed by atoms with van der Waals surface area (Å²) in [5.74, 6) is 0. The van der Waals surface area contributed by atoms with Gasteiger partial charge in [0.1, 0.15) is 5.16 Å². The second-order valence-electron chi connectivity index (χ2n) is 19.3. The Kier molecular flexibility index (Phi) is 14.3. The summed E-state index contributed by atoms with van der Waals surface area (Å²) in [5.41, 5.74) is 7.14. The summed E-state index contributed by atoms with van der Waals surface area (Å²) in [6, 6.07) is 0.700. The van der Waals surface area contributed by atoms with Crippen LogP contribution in [0, 0.1) is 0 Å². The number of hydroxylamine groups is 4. The number of unbranched alkanes of at least 4 members (excludes halogenated alkanes) is 2. The van der Waals surface area contributed by atoms with Crippen LogP contribution in [0.1, 0.15) is 185 Å². The Morgan fingerprint density at radius 3 is 1.55 bits per heavy atom. The molecule has 2 saturated heterocycles. The molecule has 4 fully saturated rings. The van der Waals surface area contributed by atoms with E-state index in [0.717, 1.165) is 64.5 Å². The summed E-state index contributed by atoms with van der Waals surface area (Å²) in [4.78, 5) is 16.5. The molecule has 1 unspecified atom stereocenters. The summed E-state index contributed by atoms with van der Waals surface area (Å²) in [6.45, 7) is 25.7. The quantitative estimate of drug-likeness (QED) is 0.170. The Balaban J connectivity index is 1.35. The molecule has 9 nitrogen and oxygen atoms in total. The van der Waals surface area contributed by atoms with Crippen molar-refractivity contribution in [2.24, 2.45) is 0 Å². The van der Waals surface area contributed by atoms with Gasteiger partial charge in [-0.05, 0) is 126 Å². The van der Waals surface area contributed by atoms with Crippen LogP contribution in [0.15, 0.2) is 11.2 Å². The van der Waals surface area contributed by atoms with Gasteiger partial charge >= 0.3 is 0 Å². The lowest BCUT2D eigenvalue weighted by molar-refractivity contribution is -0.322. The lowest BCUT2D eigenvalue weighted by atomic mass is 9.78. The zero-order chi connectivity index (χ0) is 37.0. The van der Waals surface area contributed by atoms with E-state index in [-0.39, 0.29) is 28.3 Å². The van der Waals surface area contributed by atoms with Gasteiger partial charge in [0.2, 0.25) is 0 Å². The van der Waals surface area contributed by atoms with Crippen LogP contribution in [0.25, 0.3) is 0 Å². The molecule has 0 radical (unpaired) electrons. The minimum Gasteiger partial charge on any atom is -0.295 e. The van der Waals surface area contributed by atoms with Crippen LogP contribution in [-0.4, -0.2) is 91.0 Å². The summed E-state index contributed by atoms with van der Waals surface area (Å²) in [5, 5.41) is 10.2. The van der Waals surface area contributed by atoms with Crippen molar-refractivity contribution in [1.82, 2.24) is 36.1 Å². The number of hydrogen-bond donors (Lipinski definition) is 2. The number of nitrogens with one attached hydrogen (secondary N) is 2. The lowest BCUT2D eigenvalue weighted by Crippen LogP contribution is -2.72. The first-order valence-corrected chi connectivity index (χ1v) is 21.6. The Hall–Kier alpha value is -0.490. The largest absolute Gasteiger partial charge is 0.295 e. The molecular weight excluding hydrogens is 658 g/mol. The first-order chi connectivity index (χ1) is 24.1. The average Bonchev–Trinajstić information content (AvgIpc) is 3.05. The predicted molar refractivity (Wildman–Crippen MR) is 211 cm³/mol. The number of hydrazine groups is 3. The molecule has 51 heavy (non-hydrogen) atoms. The molecule has 2 N–H and O–H groups in total. The van der Waals surface area contributed by atoms with Crippen molar-refractivity contribution >= 4 is 11.6 Å². The van der Waals surface area contributed by atoms with E-state index in [2.05, 4.69) is 111 Å². The van der Waals surface area contributed by atoms with Gasteiger partial charge in [-0.1, -0.05) is 82.0 Å². The minimum atomic E-state index is -0.110. The van der Waals surface area contributed by atoms with Crippen LogP contribution in [0.3, 0.4) is 0 Å². The number of nitrogens with zero attached hydrogens (tertiary/aromatic N) is 5. The Morgan fingerprint density at radius 1 is 0.667 bits per heavy atom. The smallest absolute Gasteiger partial charge is 0.117 e. The molecule has 0 amide bonds. The lowest BCUT2D eigenvalue weighted by Gasteiger charge is -2.58. The number of halogens is 1. The van der Waals surface area contributed by atoms with Gasteiger partial charge < -0.3 is 0 Å². The molecule has 0 bridgehead atoms. The SMILES string of the molecule is CCCCN(C1CC(C)(C)N(OC2CCCCC2)C(C)(C)C1)C1C=C(Cl)NN(N(CCCC)C2CC(C)(C)N(OC3CCCCC3)C(C)(C)C2)N1. The van der Waals surface area contributed by atoms with Crippen molar-refractivity contribution < 1.29 is 9.68 Å². The molecule has 0 aromatic rings. The third kappa shape index (κ3) is 10.4. The van der Waals surface area contributed by atoms with E-state index in [1.807, 2.05) is 0 Å². The zero-order valence-electron chi connectivity index (χ0n) is 34.5. The second-order valence-corrected chi connectivity index (χ2v) is 19.7. The molecule has 10 heteroatoms. The van der Waals surface area contributed by atoms with Crippen LogP contribution < -0.4 is 10.9 Å². The molecule has 0 spiro atoms. The first kappa shape index (κ1) is 41.7. The third-order valence-electron chi connectivity index (χ3n) is 12.5. The van der Waals surface area contributed by atoms with E-state index in [9.17, 15) is 0 Å². The number of piperidine rings is 2. The number of hydrogen-bond acceptors (Lipinski definition) is 9. The Morgan fingerprint density at radius 2 is 1.10 bits per heavy atom. The molecule has 5 rings (SSSR count). The summed E-state index contributed by atoms with van der Waals surface area (Å²) in [6.07, 6.45) is 24.1. The molecule has 2 saturated carbocycles. The van der Waals surface area contributed by atoms with Crippen LogP contribution in [0.5, 0.6) is 0 Å². The van der Waals surface area contributed by atoms with E-state index in [0.29, 0.717) is 29.4 Å². The van der Waals surface area contributed by atoms with Gasteiger partial charge in [0.25, 0.3) is 0 Å². The molecule has 1 atom stereocenters. The van der Waals surface area contributed by atoms with E-state index >= 15 is 0 Å². The van der Waals surface area contributed by atoms with Crippen molar-refractivity contribution in [1.29, 1.82) is 0 Å². The van der Waals surface area contributed by atoms with Gasteiger partial charge in [-0.15, -0.1) is 0 Å². The average molecular weight is 737 g/mol. The second kappa shape index (κ2) is 17.5. The summed E-state index contributed by atoms with van der Waals surface area (Å²) >= 11 is 7.09. The van der Waals surface area contributed by atoms with Crippen molar-refractivity contribution in [3.63, 3.8) is 0 Å². The summed E-state index contributed by atoms with van der Waals surface area (Å²) < 4.78 is 0. The van der Waals surface area contributed by atoms with Crippen LogP contribution >= 0.6 is 11.6 Å². The van der Waals surface area contributed by atoms with Gasteiger partial charge in [0.15, 0.2) is 0 Å². The maximum atomic E-state index is 7.09. The zero-order valence-corrected chi connectivity index (χ0v) is 35.3. The Labute approximate surface area is 318 Å². The topological polar surface area (TPSA) is 58.7 Å². The molecule has 3 aliphatic heterocycles. The van der Waals surface area contributed by atoms with E-state index in [4.69, 9.17) is 21.3 Å².